The SMILES string of the molecule is COc1ccc(C(=O)NCc2nnc(SCC(=O)Nc3nccs3)o2)cc1OC. The van der Waals surface area contributed by atoms with E-state index in [2.05, 4.69) is 25.8 Å². The summed E-state index contributed by atoms with van der Waals surface area (Å²) < 4.78 is 15.8. The van der Waals surface area contributed by atoms with Gasteiger partial charge in [0.1, 0.15) is 0 Å². The number of aromatic nitrogens is 3. The average molecular weight is 435 g/mol. The summed E-state index contributed by atoms with van der Waals surface area (Å²) in [5.41, 5.74) is 0.399. The maximum atomic E-state index is 12.3. The Bertz CT molecular complexity index is 977. The monoisotopic (exact) mass is 435 g/mol. The number of rotatable bonds is 9. The summed E-state index contributed by atoms with van der Waals surface area (Å²) in [6.07, 6.45) is 1.61. The quantitative estimate of drug-likeness (QED) is 0.486. The molecule has 0 fully saturated rings. The van der Waals surface area contributed by atoms with Crippen LogP contribution in [-0.4, -0.2) is 47.0 Å². The minimum absolute atomic E-state index is 0.0477. The zero-order valence-corrected chi connectivity index (χ0v) is 17.1. The summed E-state index contributed by atoms with van der Waals surface area (Å²) >= 11 is 2.42. The fraction of sp³-hybridized carbons (Fsp3) is 0.235. The minimum atomic E-state index is -0.332. The molecule has 0 spiro atoms. The first-order chi connectivity index (χ1) is 14.1. The second kappa shape index (κ2) is 9.89. The van der Waals surface area contributed by atoms with Crippen molar-refractivity contribution in [2.24, 2.45) is 0 Å². The number of hydrogen-bond donors (Lipinski definition) is 2. The van der Waals surface area contributed by atoms with Crippen molar-refractivity contribution in [3.05, 3.63) is 41.2 Å². The van der Waals surface area contributed by atoms with Gasteiger partial charge in [-0.15, -0.1) is 21.5 Å². The molecule has 2 aromatic heterocycles. The third kappa shape index (κ3) is 5.68. The standard InChI is InChI=1S/C17H17N5O5S2/c1-25-11-4-3-10(7-12(11)26-2)15(24)19-8-14-21-22-17(27-14)29-9-13(23)20-16-18-5-6-28-16/h3-7H,8-9H2,1-2H3,(H,19,24)(H,18,20,23). The van der Waals surface area contributed by atoms with Crippen LogP contribution in [0.1, 0.15) is 16.2 Å². The van der Waals surface area contributed by atoms with E-state index in [-0.39, 0.29) is 35.2 Å². The predicted octanol–water partition coefficient (Wildman–Crippen LogP) is 2.20. The molecule has 10 nitrogen and oxygen atoms in total. The summed E-state index contributed by atoms with van der Waals surface area (Å²) in [5.74, 6) is 0.739. The third-order valence-corrected chi connectivity index (χ3v) is 5.01. The van der Waals surface area contributed by atoms with E-state index in [1.165, 1.54) is 25.6 Å². The molecule has 2 amide bonds. The second-order valence-corrected chi connectivity index (χ2v) is 7.21. The molecule has 0 aliphatic carbocycles. The largest absolute Gasteiger partial charge is 0.493 e. The summed E-state index contributed by atoms with van der Waals surface area (Å²) in [7, 11) is 3.01. The van der Waals surface area contributed by atoms with Gasteiger partial charge in [0.15, 0.2) is 16.6 Å². The topological polar surface area (TPSA) is 128 Å². The van der Waals surface area contributed by atoms with Crippen LogP contribution >= 0.6 is 23.1 Å². The molecule has 3 aromatic rings. The van der Waals surface area contributed by atoms with Crippen LogP contribution < -0.4 is 20.1 Å². The molecule has 0 radical (unpaired) electrons. The first-order valence-corrected chi connectivity index (χ1v) is 10.1. The molecule has 0 saturated heterocycles. The normalized spacial score (nSPS) is 10.4. The summed E-state index contributed by atoms with van der Waals surface area (Å²) in [4.78, 5) is 28.1. The third-order valence-electron chi connectivity index (χ3n) is 3.50. The molecular weight excluding hydrogens is 418 g/mol. The van der Waals surface area contributed by atoms with Gasteiger partial charge in [-0.25, -0.2) is 4.98 Å². The van der Waals surface area contributed by atoms with Crippen LogP contribution in [0.4, 0.5) is 5.13 Å². The number of benzene rings is 1. The number of thiazole rings is 1. The van der Waals surface area contributed by atoms with Gasteiger partial charge in [-0.2, -0.15) is 0 Å². The molecule has 1 aromatic carbocycles. The van der Waals surface area contributed by atoms with Gasteiger partial charge in [0.25, 0.3) is 11.1 Å². The van der Waals surface area contributed by atoms with Crippen molar-refractivity contribution in [2.75, 3.05) is 25.3 Å². The van der Waals surface area contributed by atoms with Crippen LogP contribution in [0.2, 0.25) is 0 Å². The van der Waals surface area contributed by atoms with Crippen LogP contribution in [0.5, 0.6) is 11.5 Å². The van der Waals surface area contributed by atoms with E-state index < -0.39 is 0 Å². The molecule has 29 heavy (non-hydrogen) atoms. The van der Waals surface area contributed by atoms with Crippen molar-refractivity contribution in [1.29, 1.82) is 0 Å². The van der Waals surface area contributed by atoms with Gasteiger partial charge in [0.05, 0.1) is 26.5 Å². The van der Waals surface area contributed by atoms with Gasteiger partial charge in [-0.3, -0.25) is 9.59 Å². The van der Waals surface area contributed by atoms with Gasteiger partial charge in [-0.1, -0.05) is 11.8 Å². The molecule has 3 rings (SSSR count). The van der Waals surface area contributed by atoms with Crippen LogP contribution in [0.25, 0.3) is 0 Å². The molecule has 2 N–H and O–H groups in total. The number of amides is 2. The highest BCUT2D eigenvalue weighted by Gasteiger charge is 2.14. The Morgan fingerprint density at radius 2 is 2.03 bits per heavy atom. The maximum Gasteiger partial charge on any atom is 0.277 e. The van der Waals surface area contributed by atoms with Crippen molar-refractivity contribution in [1.82, 2.24) is 20.5 Å². The van der Waals surface area contributed by atoms with E-state index in [0.29, 0.717) is 22.2 Å². The Balaban J connectivity index is 1.48. The Labute approximate surface area is 174 Å². The van der Waals surface area contributed by atoms with E-state index >= 15 is 0 Å². The number of nitrogens with one attached hydrogen (secondary N) is 2. The zero-order chi connectivity index (χ0) is 20.6. The summed E-state index contributed by atoms with van der Waals surface area (Å²) in [6, 6.07) is 4.84. The smallest absolute Gasteiger partial charge is 0.277 e. The first kappa shape index (κ1) is 20.6. The Morgan fingerprint density at radius 1 is 1.21 bits per heavy atom. The minimum Gasteiger partial charge on any atom is -0.493 e. The maximum absolute atomic E-state index is 12.3. The number of carbonyl (C=O) groups is 2. The molecule has 152 valence electrons. The lowest BCUT2D eigenvalue weighted by atomic mass is 10.2. The average Bonchev–Trinajstić information content (AvgIpc) is 3.41. The Kier molecular flexibility index (Phi) is 7.03. The Morgan fingerprint density at radius 3 is 2.76 bits per heavy atom. The number of nitrogens with zero attached hydrogens (tertiary/aromatic N) is 3. The fourth-order valence-electron chi connectivity index (χ4n) is 2.17. The highest BCUT2D eigenvalue weighted by molar-refractivity contribution is 7.99. The molecule has 0 atom stereocenters. The molecule has 2 heterocycles. The molecule has 0 unspecified atom stereocenters. The van der Waals surface area contributed by atoms with Crippen LogP contribution in [0.15, 0.2) is 39.4 Å². The summed E-state index contributed by atoms with van der Waals surface area (Å²) in [5, 5.41) is 15.6. The first-order valence-electron chi connectivity index (χ1n) is 8.23. The highest BCUT2D eigenvalue weighted by atomic mass is 32.2. The lowest BCUT2D eigenvalue weighted by molar-refractivity contribution is -0.113. The summed E-state index contributed by atoms with van der Waals surface area (Å²) in [6.45, 7) is 0.0477. The van der Waals surface area contributed by atoms with Gasteiger partial charge in [0, 0.05) is 17.1 Å². The van der Waals surface area contributed by atoms with Crippen molar-refractivity contribution in [3.8, 4) is 11.5 Å². The second-order valence-electron chi connectivity index (χ2n) is 5.39. The van der Waals surface area contributed by atoms with Gasteiger partial charge < -0.3 is 24.5 Å². The van der Waals surface area contributed by atoms with Crippen LogP contribution in [0, 0.1) is 0 Å². The molecule has 0 aliphatic rings. The number of anilines is 1. The van der Waals surface area contributed by atoms with E-state index in [9.17, 15) is 9.59 Å². The fourth-order valence-corrected chi connectivity index (χ4v) is 3.30. The molecule has 0 saturated carbocycles. The number of ether oxygens (including phenoxy) is 2. The van der Waals surface area contributed by atoms with Crippen LogP contribution in [-0.2, 0) is 11.3 Å². The lowest BCUT2D eigenvalue weighted by Crippen LogP contribution is -2.23. The van der Waals surface area contributed by atoms with E-state index in [1.54, 1.807) is 29.8 Å². The predicted molar refractivity (Wildman–Crippen MR) is 106 cm³/mol. The molecule has 0 aliphatic heterocycles. The zero-order valence-electron chi connectivity index (χ0n) is 15.5. The Hall–Kier alpha value is -3.12. The van der Waals surface area contributed by atoms with E-state index in [0.717, 1.165) is 11.8 Å². The number of carbonyl (C=O) groups excluding carboxylic acids is 2. The van der Waals surface area contributed by atoms with Gasteiger partial charge >= 0.3 is 0 Å². The van der Waals surface area contributed by atoms with Crippen molar-refractivity contribution < 1.29 is 23.5 Å². The molecule has 0 bridgehead atoms. The lowest BCUT2D eigenvalue weighted by Gasteiger charge is -2.09. The number of thioether (sulfide) groups is 1. The van der Waals surface area contributed by atoms with Gasteiger partial charge in [0.2, 0.25) is 11.8 Å². The van der Waals surface area contributed by atoms with E-state index in [1.807, 2.05) is 0 Å². The van der Waals surface area contributed by atoms with E-state index in [4.69, 9.17) is 13.9 Å². The number of hydrogen-bond acceptors (Lipinski definition) is 10. The highest BCUT2D eigenvalue weighted by Crippen LogP contribution is 2.27. The number of methoxy groups -OCH3 is 2. The van der Waals surface area contributed by atoms with Gasteiger partial charge in [-0.05, 0) is 18.2 Å². The van der Waals surface area contributed by atoms with Crippen molar-refractivity contribution >= 4 is 40.0 Å². The molecule has 12 heteroatoms. The van der Waals surface area contributed by atoms with Crippen molar-refractivity contribution in [3.63, 3.8) is 0 Å². The van der Waals surface area contributed by atoms with Crippen molar-refractivity contribution in [2.45, 2.75) is 11.8 Å². The van der Waals surface area contributed by atoms with Crippen LogP contribution in [0.3, 0.4) is 0 Å². The molecular formula is C17H17N5O5S2.